The Labute approximate surface area is 208 Å². The lowest BCUT2D eigenvalue weighted by Crippen LogP contribution is -2.04. The number of hydrogen-bond acceptors (Lipinski definition) is 5. The highest BCUT2D eigenvalue weighted by Crippen LogP contribution is 2.29. The molecule has 5 nitrogen and oxygen atoms in total. The van der Waals surface area contributed by atoms with Crippen LogP contribution in [0.25, 0.3) is 12.2 Å². The molecular weight excluding hydrogens is 473 g/mol. The first-order valence-corrected chi connectivity index (χ1v) is 11.1. The summed E-state index contributed by atoms with van der Waals surface area (Å²) in [7, 11) is 1.33. The molecule has 1 heterocycles. The summed E-state index contributed by atoms with van der Waals surface area (Å²) < 4.78 is 60.0. The van der Waals surface area contributed by atoms with Crippen LogP contribution in [-0.2, 0) is 38.2 Å². The third kappa shape index (κ3) is 9.02. The fourth-order valence-electron chi connectivity index (χ4n) is 3.03. The monoisotopic (exact) mass is 502 g/mol. The number of ether oxygens (including phenoxy) is 3. The van der Waals surface area contributed by atoms with E-state index < -0.39 is 11.7 Å². The number of carbonyl (C=O) groups is 1. The maximum atomic E-state index is 12.7. The minimum atomic E-state index is -4.38. The van der Waals surface area contributed by atoms with Crippen molar-refractivity contribution in [3.05, 3.63) is 107 Å². The Balaban J connectivity index is 2.06. The molecule has 2 rings (SSSR count). The summed E-state index contributed by atoms with van der Waals surface area (Å²) in [6.45, 7) is 7.50. The fourth-order valence-corrected chi connectivity index (χ4v) is 3.03. The van der Waals surface area contributed by atoms with Gasteiger partial charge < -0.3 is 18.6 Å². The van der Waals surface area contributed by atoms with Gasteiger partial charge in [-0.3, -0.25) is 4.79 Å². The first-order valence-electron chi connectivity index (χ1n) is 11.1. The molecule has 0 aliphatic heterocycles. The smallest absolute Gasteiger partial charge is 0.416 e. The van der Waals surface area contributed by atoms with E-state index in [4.69, 9.17) is 18.6 Å². The number of carbonyl (C=O) groups excluding carboxylic acids is 1. The molecule has 192 valence electrons. The molecule has 1 aromatic carbocycles. The molecule has 0 unspecified atom stereocenters. The number of benzene rings is 1. The maximum absolute atomic E-state index is 12.7. The predicted octanol–water partition coefficient (Wildman–Crippen LogP) is 7.27. The van der Waals surface area contributed by atoms with E-state index in [9.17, 15) is 18.0 Å². The van der Waals surface area contributed by atoms with E-state index >= 15 is 0 Å². The van der Waals surface area contributed by atoms with Gasteiger partial charge in [-0.1, -0.05) is 43.0 Å². The zero-order valence-electron chi connectivity index (χ0n) is 20.4. The van der Waals surface area contributed by atoms with Crippen LogP contribution in [0, 0.1) is 0 Å². The van der Waals surface area contributed by atoms with Crippen LogP contribution >= 0.6 is 0 Å². The van der Waals surface area contributed by atoms with Gasteiger partial charge in [-0.05, 0) is 43.7 Å². The molecule has 0 saturated carbocycles. The highest BCUT2D eigenvalue weighted by molar-refractivity contribution is 5.76. The minimum absolute atomic E-state index is 0.0857. The summed E-state index contributed by atoms with van der Waals surface area (Å²) in [5, 5.41) is 0. The Morgan fingerprint density at radius 3 is 2.50 bits per heavy atom. The number of methoxy groups -OCH3 is 1. The van der Waals surface area contributed by atoms with Gasteiger partial charge in [-0.25, -0.2) is 0 Å². The topological polar surface area (TPSA) is 57.9 Å². The molecule has 0 aliphatic carbocycles. The Bertz CT molecular complexity index is 1130. The predicted molar refractivity (Wildman–Crippen MR) is 132 cm³/mol. The second-order valence-corrected chi connectivity index (χ2v) is 7.54. The standard InChI is InChI=1S/C28H29F3O5/c1-5-7-9-24(35-18-21-10-12-23(13-11-21)28(29,30)31)14-15-34-20(3)16-26-25(8-6-2)22(19-36-26)17-27(32)33-4/h5-14,16,19H,1,15,17-18H2,2-4H3/b8-6-,9-7-,20-16+,24-14+. The highest BCUT2D eigenvalue weighted by atomic mass is 19.4. The molecule has 0 N–H and O–H groups in total. The van der Waals surface area contributed by atoms with E-state index in [-0.39, 0.29) is 25.6 Å². The Hall–Kier alpha value is -3.94. The molecular formula is C28H29F3O5. The lowest BCUT2D eigenvalue weighted by atomic mass is 10.1. The SMILES string of the molecule is C=C/C=C\C(=C/CO/C(C)=C/c1occ(CC(=O)OC)c1/C=C\C)OCc1ccc(C(F)(F)F)cc1. The van der Waals surface area contributed by atoms with Crippen LogP contribution in [0.15, 0.2) is 83.4 Å². The van der Waals surface area contributed by atoms with E-state index in [0.29, 0.717) is 28.4 Å². The summed E-state index contributed by atoms with van der Waals surface area (Å²) in [4.78, 5) is 11.6. The first-order chi connectivity index (χ1) is 17.2. The summed E-state index contributed by atoms with van der Waals surface area (Å²) in [5.74, 6) is 1.20. The molecule has 0 amide bonds. The Kier molecular flexibility index (Phi) is 10.9. The third-order valence-corrected chi connectivity index (χ3v) is 4.85. The summed E-state index contributed by atoms with van der Waals surface area (Å²) >= 11 is 0. The van der Waals surface area contributed by atoms with E-state index in [1.54, 1.807) is 37.3 Å². The lowest BCUT2D eigenvalue weighted by molar-refractivity contribution is -0.140. The van der Waals surface area contributed by atoms with Crippen LogP contribution in [-0.4, -0.2) is 19.7 Å². The molecule has 8 heteroatoms. The van der Waals surface area contributed by atoms with Gasteiger partial charge in [-0.2, -0.15) is 13.2 Å². The summed E-state index contributed by atoms with van der Waals surface area (Å²) in [5.41, 5.74) is 1.34. The van der Waals surface area contributed by atoms with Crippen LogP contribution in [0.1, 0.15) is 41.9 Å². The number of hydrogen-bond donors (Lipinski definition) is 0. The van der Waals surface area contributed by atoms with Crippen LogP contribution < -0.4 is 0 Å². The molecule has 0 fully saturated rings. The normalized spacial score (nSPS) is 12.8. The van der Waals surface area contributed by atoms with Crippen LogP contribution in [0.2, 0.25) is 0 Å². The maximum Gasteiger partial charge on any atom is 0.416 e. The second kappa shape index (κ2) is 13.8. The van der Waals surface area contributed by atoms with Gasteiger partial charge in [0.1, 0.15) is 24.7 Å². The fraction of sp³-hybridized carbons (Fsp3) is 0.250. The van der Waals surface area contributed by atoms with E-state index in [1.807, 2.05) is 19.1 Å². The second-order valence-electron chi connectivity index (χ2n) is 7.54. The van der Waals surface area contributed by atoms with Gasteiger partial charge >= 0.3 is 12.1 Å². The van der Waals surface area contributed by atoms with Crippen molar-refractivity contribution in [2.45, 2.75) is 33.1 Å². The van der Waals surface area contributed by atoms with Gasteiger partial charge in [0.05, 0.1) is 31.1 Å². The largest absolute Gasteiger partial charge is 0.494 e. The van der Waals surface area contributed by atoms with E-state index in [0.717, 1.165) is 17.7 Å². The number of halogens is 3. The van der Waals surface area contributed by atoms with Crippen molar-refractivity contribution in [1.82, 2.24) is 0 Å². The van der Waals surface area contributed by atoms with Crippen molar-refractivity contribution in [2.24, 2.45) is 0 Å². The van der Waals surface area contributed by atoms with Crippen LogP contribution in [0.5, 0.6) is 0 Å². The number of rotatable bonds is 12. The van der Waals surface area contributed by atoms with Gasteiger partial charge in [-0.15, -0.1) is 0 Å². The van der Waals surface area contributed by atoms with Crippen molar-refractivity contribution in [3.8, 4) is 0 Å². The van der Waals surface area contributed by atoms with Gasteiger partial charge in [0.25, 0.3) is 0 Å². The highest BCUT2D eigenvalue weighted by Gasteiger charge is 2.29. The van der Waals surface area contributed by atoms with Crippen LogP contribution in [0.4, 0.5) is 13.2 Å². The van der Waals surface area contributed by atoms with Crippen molar-refractivity contribution < 1.29 is 36.6 Å². The molecule has 0 bridgehead atoms. The molecule has 0 aliphatic rings. The third-order valence-electron chi connectivity index (χ3n) is 4.85. The first kappa shape index (κ1) is 28.3. The van der Waals surface area contributed by atoms with E-state index in [2.05, 4.69) is 6.58 Å². The molecule has 0 saturated heterocycles. The number of allylic oxidation sites excluding steroid dienone is 5. The van der Waals surface area contributed by atoms with E-state index in [1.165, 1.54) is 25.5 Å². The average Bonchev–Trinajstić information content (AvgIpc) is 3.20. The molecule has 1 aromatic heterocycles. The minimum Gasteiger partial charge on any atom is -0.494 e. The molecule has 0 radical (unpaired) electrons. The Morgan fingerprint density at radius 2 is 1.89 bits per heavy atom. The van der Waals surface area contributed by atoms with Crippen molar-refractivity contribution in [1.29, 1.82) is 0 Å². The van der Waals surface area contributed by atoms with Crippen molar-refractivity contribution >= 4 is 18.1 Å². The van der Waals surface area contributed by atoms with Gasteiger partial charge in [0, 0.05) is 17.2 Å². The molecule has 36 heavy (non-hydrogen) atoms. The lowest BCUT2D eigenvalue weighted by Gasteiger charge is -2.10. The molecule has 0 spiro atoms. The van der Waals surface area contributed by atoms with Gasteiger partial charge in [0.2, 0.25) is 0 Å². The summed E-state index contributed by atoms with van der Waals surface area (Å²) in [6, 6.07) is 4.79. The zero-order valence-corrected chi connectivity index (χ0v) is 20.4. The quantitative estimate of drug-likeness (QED) is 0.174. The molecule has 2 aromatic rings. The average molecular weight is 503 g/mol. The Morgan fingerprint density at radius 1 is 1.17 bits per heavy atom. The van der Waals surface area contributed by atoms with Gasteiger partial charge in [0.15, 0.2) is 0 Å². The van der Waals surface area contributed by atoms with Crippen molar-refractivity contribution in [3.63, 3.8) is 0 Å². The number of furan rings is 1. The number of esters is 1. The number of alkyl halides is 3. The van der Waals surface area contributed by atoms with Crippen molar-refractivity contribution in [2.75, 3.05) is 13.7 Å². The summed E-state index contributed by atoms with van der Waals surface area (Å²) in [6.07, 6.45) is 9.24. The molecule has 0 atom stereocenters. The zero-order chi connectivity index (χ0) is 26.6. The van der Waals surface area contributed by atoms with Crippen LogP contribution in [0.3, 0.4) is 0 Å².